The monoisotopic (exact) mass is 378 g/mol. The smallest absolute Gasteiger partial charge is 0.0598 e. The first-order valence-corrected chi connectivity index (χ1v) is 12.6. The topological polar surface area (TPSA) is 9.23 Å². The summed E-state index contributed by atoms with van der Waals surface area (Å²) in [5.74, 6) is 4.34. The molecule has 2 aliphatic rings. The highest BCUT2D eigenvalue weighted by molar-refractivity contribution is 4.86. The van der Waals surface area contributed by atoms with Crippen molar-refractivity contribution in [2.75, 3.05) is 6.61 Å². The van der Waals surface area contributed by atoms with Crippen LogP contribution in [0.25, 0.3) is 0 Å². The van der Waals surface area contributed by atoms with Crippen molar-refractivity contribution in [2.45, 2.75) is 136 Å². The minimum atomic E-state index is 0.0353. The lowest BCUT2D eigenvalue weighted by molar-refractivity contribution is -0.00476. The van der Waals surface area contributed by atoms with Gasteiger partial charge in [-0.3, -0.25) is 0 Å². The van der Waals surface area contributed by atoms with E-state index in [-0.39, 0.29) is 5.60 Å². The molecule has 2 rings (SSSR count). The minimum Gasteiger partial charge on any atom is -0.376 e. The molecule has 0 aromatic rings. The lowest BCUT2D eigenvalue weighted by atomic mass is 9.86. The van der Waals surface area contributed by atoms with Crippen LogP contribution in [0.5, 0.6) is 0 Å². The van der Waals surface area contributed by atoms with Gasteiger partial charge >= 0.3 is 0 Å². The molecule has 27 heavy (non-hydrogen) atoms. The molecule has 4 unspecified atom stereocenters. The first-order valence-electron chi connectivity index (χ1n) is 12.6. The van der Waals surface area contributed by atoms with E-state index in [1.807, 2.05) is 0 Å². The lowest BCUT2D eigenvalue weighted by Crippen LogP contribution is -2.19. The highest BCUT2D eigenvalue weighted by Gasteiger charge is 2.34. The van der Waals surface area contributed by atoms with Crippen LogP contribution in [-0.2, 0) is 4.74 Å². The summed E-state index contributed by atoms with van der Waals surface area (Å²) >= 11 is 0. The molecule has 0 bridgehead atoms. The van der Waals surface area contributed by atoms with Gasteiger partial charge in [-0.25, -0.2) is 0 Å². The largest absolute Gasteiger partial charge is 0.376 e. The van der Waals surface area contributed by atoms with Crippen LogP contribution in [0.4, 0.5) is 0 Å². The molecule has 2 saturated carbocycles. The molecule has 2 fully saturated rings. The number of hydrogen-bond donors (Lipinski definition) is 0. The van der Waals surface area contributed by atoms with Crippen molar-refractivity contribution >= 4 is 0 Å². The third-order valence-corrected chi connectivity index (χ3v) is 7.34. The maximum absolute atomic E-state index is 5.83. The first-order chi connectivity index (χ1) is 13.0. The van der Waals surface area contributed by atoms with Crippen molar-refractivity contribution in [3.8, 4) is 0 Å². The third-order valence-electron chi connectivity index (χ3n) is 7.34. The second-order valence-corrected chi connectivity index (χ2v) is 10.9. The van der Waals surface area contributed by atoms with E-state index in [1.54, 1.807) is 32.1 Å². The van der Waals surface area contributed by atoms with Crippen molar-refractivity contribution < 1.29 is 4.74 Å². The van der Waals surface area contributed by atoms with Crippen LogP contribution in [0.15, 0.2) is 0 Å². The zero-order valence-corrected chi connectivity index (χ0v) is 19.2. The molecule has 0 N–H and O–H groups in total. The molecule has 0 aliphatic heterocycles. The number of rotatable bonds is 13. The molecule has 4 atom stereocenters. The Morgan fingerprint density at radius 3 is 1.70 bits per heavy atom. The Balaban J connectivity index is 1.48. The van der Waals surface area contributed by atoms with E-state index in [0.29, 0.717) is 0 Å². The maximum Gasteiger partial charge on any atom is 0.0598 e. The average Bonchev–Trinajstić information content (AvgIpc) is 3.26. The zero-order chi connectivity index (χ0) is 19.5. The molecule has 1 nitrogen and oxygen atoms in total. The average molecular weight is 379 g/mol. The maximum atomic E-state index is 5.83. The minimum absolute atomic E-state index is 0.0353. The Bertz CT molecular complexity index is 369. The van der Waals surface area contributed by atoms with Crippen LogP contribution in [0.1, 0.15) is 130 Å². The summed E-state index contributed by atoms with van der Waals surface area (Å²) < 4.78 is 5.83. The predicted octanol–water partition coefficient (Wildman–Crippen LogP) is 8.56. The Kier molecular flexibility index (Phi) is 10.8. The molecule has 160 valence electrons. The fourth-order valence-electron chi connectivity index (χ4n) is 5.73. The van der Waals surface area contributed by atoms with E-state index in [2.05, 4.69) is 27.7 Å². The van der Waals surface area contributed by atoms with Crippen LogP contribution in [0.2, 0.25) is 0 Å². The van der Waals surface area contributed by atoms with E-state index < -0.39 is 0 Å². The van der Waals surface area contributed by atoms with Gasteiger partial charge in [-0.05, 0) is 76.5 Å². The summed E-state index contributed by atoms with van der Waals surface area (Å²) in [6, 6.07) is 0. The van der Waals surface area contributed by atoms with Gasteiger partial charge in [0.15, 0.2) is 0 Å². The van der Waals surface area contributed by atoms with Crippen LogP contribution in [0, 0.1) is 23.7 Å². The second kappa shape index (κ2) is 12.5. The van der Waals surface area contributed by atoms with Gasteiger partial charge in [0.25, 0.3) is 0 Å². The molecule has 2 aliphatic carbocycles. The molecule has 0 heterocycles. The van der Waals surface area contributed by atoms with Crippen LogP contribution < -0.4 is 0 Å². The number of hydrogen-bond acceptors (Lipinski definition) is 1. The second-order valence-electron chi connectivity index (χ2n) is 10.9. The summed E-state index contributed by atoms with van der Waals surface area (Å²) in [4.78, 5) is 0. The van der Waals surface area contributed by atoms with Crippen molar-refractivity contribution in [3.05, 3.63) is 0 Å². The molecule has 0 amide bonds. The van der Waals surface area contributed by atoms with Crippen molar-refractivity contribution in [2.24, 2.45) is 23.7 Å². The Hall–Kier alpha value is -0.0400. The number of unbranched alkanes of at least 4 members (excludes halogenated alkanes) is 6. The Labute approximate surface area is 171 Å². The molecule has 0 radical (unpaired) electrons. The van der Waals surface area contributed by atoms with Gasteiger partial charge in [-0.1, -0.05) is 77.6 Å². The summed E-state index contributed by atoms with van der Waals surface area (Å²) in [6.07, 6.45) is 23.7. The third kappa shape index (κ3) is 9.82. The summed E-state index contributed by atoms with van der Waals surface area (Å²) in [7, 11) is 0. The van der Waals surface area contributed by atoms with E-state index in [9.17, 15) is 0 Å². The van der Waals surface area contributed by atoms with Crippen LogP contribution in [0.3, 0.4) is 0 Å². The van der Waals surface area contributed by atoms with Crippen LogP contribution >= 0.6 is 0 Å². The van der Waals surface area contributed by atoms with Gasteiger partial charge in [0.1, 0.15) is 0 Å². The van der Waals surface area contributed by atoms with Gasteiger partial charge in [0.2, 0.25) is 0 Å². The van der Waals surface area contributed by atoms with Crippen molar-refractivity contribution in [1.29, 1.82) is 0 Å². The molecular formula is C26H50O. The fourth-order valence-corrected chi connectivity index (χ4v) is 5.73. The van der Waals surface area contributed by atoms with Crippen molar-refractivity contribution in [1.82, 2.24) is 0 Å². The highest BCUT2D eigenvalue weighted by atomic mass is 16.5. The van der Waals surface area contributed by atoms with E-state index >= 15 is 0 Å². The summed E-state index contributed by atoms with van der Waals surface area (Å²) in [5.41, 5.74) is 0.0353. The molecule has 0 spiro atoms. The lowest BCUT2D eigenvalue weighted by Gasteiger charge is -2.19. The van der Waals surface area contributed by atoms with Gasteiger partial charge in [0.05, 0.1) is 5.60 Å². The van der Waals surface area contributed by atoms with E-state index in [4.69, 9.17) is 4.74 Å². The van der Waals surface area contributed by atoms with Gasteiger partial charge in [-0.15, -0.1) is 0 Å². The molecule has 0 saturated heterocycles. The summed E-state index contributed by atoms with van der Waals surface area (Å²) in [5, 5.41) is 0. The van der Waals surface area contributed by atoms with Crippen LogP contribution in [-0.4, -0.2) is 12.2 Å². The summed E-state index contributed by atoms with van der Waals surface area (Å²) in [6.45, 7) is 9.73. The first kappa shape index (κ1) is 23.2. The predicted molar refractivity (Wildman–Crippen MR) is 119 cm³/mol. The molecule has 0 aromatic heterocycles. The van der Waals surface area contributed by atoms with E-state index in [0.717, 1.165) is 30.3 Å². The zero-order valence-electron chi connectivity index (χ0n) is 19.2. The molecule has 0 aromatic carbocycles. The van der Waals surface area contributed by atoms with Gasteiger partial charge in [-0.2, -0.15) is 0 Å². The van der Waals surface area contributed by atoms with E-state index in [1.165, 1.54) is 70.6 Å². The Morgan fingerprint density at radius 2 is 1.19 bits per heavy atom. The molecule has 1 heteroatoms. The molecular weight excluding hydrogens is 328 g/mol. The quantitative estimate of drug-likeness (QED) is 0.292. The SMILES string of the molecule is CCCCCCC1CCC(C2CCC(CCCCCCOC(C)(C)C)C2)C1. The fraction of sp³-hybridized carbons (Fsp3) is 1.00. The normalized spacial score (nSPS) is 28.9. The Morgan fingerprint density at radius 1 is 0.667 bits per heavy atom. The highest BCUT2D eigenvalue weighted by Crippen LogP contribution is 2.46. The number of ether oxygens (including phenoxy) is 1. The van der Waals surface area contributed by atoms with Gasteiger partial charge in [0, 0.05) is 6.61 Å². The van der Waals surface area contributed by atoms with Crippen molar-refractivity contribution in [3.63, 3.8) is 0 Å². The van der Waals surface area contributed by atoms with Gasteiger partial charge < -0.3 is 4.74 Å². The standard InChI is InChI=1S/C26H50O/c1-5-6-7-10-13-22-15-17-24(20-22)25-18-16-23(21-25)14-11-8-9-12-19-27-26(2,3)4/h22-25H,5-21H2,1-4H3.